The molecule has 32 heavy (non-hydrogen) atoms. The van der Waals surface area contributed by atoms with E-state index in [9.17, 15) is 18.4 Å². The van der Waals surface area contributed by atoms with Gasteiger partial charge in [-0.05, 0) is 61.3 Å². The molecule has 3 N–H and O–H groups in total. The first-order chi connectivity index (χ1) is 15.4. The zero-order valence-electron chi connectivity index (χ0n) is 16.6. The average molecular weight is 453 g/mol. The zero-order valence-corrected chi connectivity index (χ0v) is 17.4. The maximum absolute atomic E-state index is 14.3. The van der Waals surface area contributed by atoms with E-state index in [1.165, 1.54) is 23.1 Å². The van der Waals surface area contributed by atoms with E-state index >= 15 is 0 Å². The van der Waals surface area contributed by atoms with Gasteiger partial charge in [-0.3, -0.25) is 14.5 Å². The molecule has 2 aromatic carbocycles. The Morgan fingerprint density at radius 3 is 2.50 bits per heavy atom. The first-order valence-corrected chi connectivity index (χ1v) is 10.7. The van der Waals surface area contributed by atoms with Crippen LogP contribution in [-0.4, -0.2) is 31.7 Å². The Balaban J connectivity index is 1.60. The maximum atomic E-state index is 14.3. The number of nitrogens with zero attached hydrogens (tertiary/aromatic N) is 2. The van der Waals surface area contributed by atoms with Gasteiger partial charge in [-0.15, -0.1) is 0 Å². The van der Waals surface area contributed by atoms with Crippen LogP contribution >= 0.6 is 12.2 Å². The van der Waals surface area contributed by atoms with Crippen molar-refractivity contribution in [3.8, 4) is 0 Å². The molecule has 2 atom stereocenters. The number of amides is 1. The van der Waals surface area contributed by atoms with Crippen LogP contribution < -0.4 is 16.2 Å². The van der Waals surface area contributed by atoms with Gasteiger partial charge in [-0.2, -0.15) is 5.10 Å². The van der Waals surface area contributed by atoms with Crippen molar-refractivity contribution in [2.75, 3.05) is 5.32 Å². The number of carbonyl (C=O) groups excluding carboxylic acids is 1. The quantitative estimate of drug-likeness (QED) is 0.517. The Labute approximate surface area is 185 Å². The summed E-state index contributed by atoms with van der Waals surface area (Å²) in [6.45, 7) is 0. The highest BCUT2D eigenvalue weighted by Crippen LogP contribution is 2.48. The summed E-state index contributed by atoms with van der Waals surface area (Å²) in [5.41, 5.74) is 0.195. The van der Waals surface area contributed by atoms with E-state index in [1.807, 2.05) is 0 Å². The van der Waals surface area contributed by atoms with Crippen LogP contribution in [0.5, 0.6) is 0 Å². The summed E-state index contributed by atoms with van der Waals surface area (Å²) in [6.07, 6.45) is 2.28. The summed E-state index contributed by atoms with van der Waals surface area (Å²) in [5, 5.41) is 14.0. The van der Waals surface area contributed by atoms with Crippen molar-refractivity contribution in [3.63, 3.8) is 0 Å². The Morgan fingerprint density at radius 2 is 1.84 bits per heavy atom. The molecule has 0 radical (unpaired) electrons. The second kappa shape index (κ2) is 6.55. The van der Waals surface area contributed by atoms with Gasteiger partial charge in [-0.1, -0.05) is 12.1 Å². The minimum Gasteiger partial charge on any atom is -0.375 e. The van der Waals surface area contributed by atoms with E-state index in [0.29, 0.717) is 35.2 Å². The van der Waals surface area contributed by atoms with Gasteiger partial charge in [0.1, 0.15) is 23.2 Å². The van der Waals surface area contributed by atoms with Gasteiger partial charge in [0.05, 0.1) is 17.1 Å². The molecule has 2 fully saturated rings. The molecule has 1 amide bonds. The lowest BCUT2D eigenvalue weighted by atomic mass is 9.76. The lowest BCUT2D eigenvalue weighted by Crippen LogP contribution is -2.53. The molecule has 6 rings (SSSR count). The summed E-state index contributed by atoms with van der Waals surface area (Å²) >= 11 is 5.57. The number of aromatic amines is 1. The van der Waals surface area contributed by atoms with Crippen molar-refractivity contribution in [3.05, 3.63) is 69.6 Å². The van der Waals surface area contributed by atoms with Crippen molar-refractivity contribution in [1.29, 1.82) is 0 Å². The molecule has 0 bridgehead atoms. The van der Waals surface area contributed by atoms with Crippen LogP contribution in [0.3, 0.4) is 0 Å². The molecule has 2 unspecified atom stereocenters. The standard InChI is InChI=1S/C22H17F2N5O2S/c23-11-4-2-10(3-5-11)16-18(29-20(31)22(6-1-7-22)26-21(29)32)17-15-13(19(30)28-27-17)8-12(24)9-14(15)25-16/h2-5,8-9,16,18,25H,1,6-7H2,(H,26,32)(H,28,30). The molecule has 10 heteroatoms. The second-order valence-corrected chi connectivity index (χ2v) is 8.86. The van der Waals surface area contributed by atoms with Crippen molar-refractivity contribution < 1.29 is 13.6 Å². The summed E-state index contributed by atoms with van der Waals surface area (Å²) in [6, 6.07) is 6.94. The van der Waals surface area contributed by atoms with Crippen LogP contribution in [0.15, 0.2) is 41.2 Å². The molecule has 1 saturated heterocycles. The number of carbonyl (C=O) groups is 1. The SMILES string of the molecule is O=C1N(C2c3n[nH]c(=O)c4cc(F)cc(c34)NC2c2ccc(F)cc2)C(=S)NC12CCC2. The van der Waals surface area contributed by atoms with E-state index in [0.717, 1.165) is 12.5 Å². The van der Waals surface area contributed by atoms with Gasteiger partial charge >= 0.3 is 0 Å². The summed E-state index contributed by atoms with van der Waals surface area (Å²) in [4.78, 5) is 27.4. The average Bonchev–Trinajstić information content (AvgIpc) is 3.01. The van der Waals surface area contributed by atoms with Crippen molar-refractivity contribution in [2.24, 2.45) is 0 Å². The number of halogens is 2. The minimum atomic E-state index is -0.731. The molecule has 2 aliphatic heterocycles. The summed E-state index contributed by atoms with van der Waals surface area (Å²) in [5.74, 6) is -1.14. The van der Waals surface area contributed by atoms with Crippen molar-refractivity contribution >= 4 is 39.7 Å². The predicted octanol–water partition coefficient (Wildman–Crippen LogP) is 3.05. The van der Waals surface area contributed by atoms with Gasteiger partial charge in [0.15, 0.2) is 5.11 Å². The minimum absolute atomic E-state index is 0.129. The molecule has 3 heterocycles. The molecule has 1 aromatic heterocycles. The van der Waals surface area contributed by atoms with Crippen LogP contribution in [-0.2, 0) is 4.79 Å². The van der Waals surface area contributed by atoms with Crippen LogP contribution in [0, 0.1) is 11.6 Å². The lowest BCUT2D eigenvalue weighted by molar-refractivity contribution is -0.135. The van der Waals surface area contributed by atoms with E-state index in [-0.39, 0.29) is 16.4 Å². The Hall–Kier alpha value is -3.40. The predicted molar refractivity (Wildman–Crippen MR) is 117 cm³/mol. The summed E-state index contributed by atoms with van der Waals surface area (Å²) in [7, 11) is 0. The fourth-order valence-corrected chi connectivity index (χ4v) is 5.38. The van der Waals surface area contributed by atoms with Crippen LogP contribution in [0.1, 0.15) is 42.6 Å². The second-order valence-electron chi connectivity index (χ2n) is 8.47. The van der Waals surface area contributed by atoms with Crippen molar-refractivity contribution in [1.82, 2.24) is 20.4 Å². The molecule has 3 aliphatic rings. The highest BCUT2D eigenvalue weighted by Gasteiger charge is 2.57. The molecule has 7 nitrogen and oxygen atoms in total. The highest BCUT2D eigenvalue weighted by molar-refractivity contribution is 7.80. The third-order valence-corrected chi connectivity index (χ3v) is 7.00. The number of hydrogen-bond donors (Lipinski definition) is 3. The van der Waals surface area contributed by atoms with Gasteiger partial charge in [-0.25, -0.2) is 13.9 Å². The number of hydrogen-bond acceptors (Lipinski definition) is 5. The first kappa shape index (κ1) is 19.3. The van der Waals surface area contributed by atoms with Gasteiger partial charge in [0.25, 0.3) is 11.5 Å². The van der Waals surface area contributed by atoms with Gasteiger partial charge in [0.2, 0.25) is 0 Å². The third kappa shape index (κ3) is 2.56. The van der Waals surface area contributed by atoms with Crippen LogP contribution in [0.2, 0.25) is 0 Å². The number of nitrogens with one attached hydrogen (secondary N) is 3. The fourth-order valence-electron chi connectivity index (χ4n) is 4.99. The smallest absolute Gasteiger partial charge is 0.272 e. The molecule has 162 valence electrons. The molecule has 3 aromatic rings. The number of benzene rings is 2. The summed E-state index contributed by atoms with van der Waals surface area (Å²) < 4.78 is 28.0. The number of rotatable bonds is 2. The largest absolute Gasteiger partial charge is 0.375 e. The molecule has 1 spiro atoms. The number of H-pyrrole nitrogens is 1. The van der Waals surface area contributed by atoms with E-state index in [2.05, 4.69) is 20.8 Å². The topological polar surface area (TPSA) is 90.1 Å². The van der Waals surface area contributed by atoms with E-state index in [4.69, 9.17) is 12.2 Å². The lowest BCUT2D eigenvalue weighted by Gasteiger charge is -2.40. The van der Waals surface area contributed by atoms with Crippen LogP contribution in [0.25, 0.3) is 10.8 Å². The van der Waals surface area contributed by atoms with Gasteiger partial charge < -0.3 is 10.6 Å². The van der Waals surface area contributed by atoms with Crippen LogP contribution in [0.4, 0.5) is 14.5 Å². The number of anilines is 1. The Kier molecular flexibility index (Phi) is 3.95. The number of thiocarbonyl (C=S) groups is 1. The van der Waals surface area contributed by atoms with Gasteiger partial charge in [0, 0.05) is 11.1 Å². The van der Waals surface area contributed by atoms with E-state index < -0.39 is 34.8 Å². The highest BCUT2D eigenvalue weighted by atomic mass is 32.1. The Morgan fingerprint density at radius 1 is 1.09 bits per heavy atom. The van der Waals surface area contributed by atoms with E-state index in [1.54, 1.807) is 12.1 Å². The first-order valence-electron chi connectivity index (χ1n) is 10.3. The fraction of sp³-hybridized carbons (Fsp3) is 0.273. The third-order valence-electron chi connectivity index (χ3n) is 6.70. The number of aromatic nitrogens is 2. The maximum Gasteiger partial charge on any atom is 0.272 e. The van der Waals surface area contributed by atoms with Crippen molar-refractivity contribution in [2.45, 2.75) is 36.9 Å². The molecule has 1 aliphatic carbocycles. The Bertz CT molecular complexity index is 1370. The monoisotopic (exact) mass is 453 g/mol. The molecule has 1 saturated carbocycles. The normalized spacial score (nSPS) is 23.2. The zero-order chi connectivity index (χ0) is 22.2. The molecular weight excluding hydrogens is 436 g/mol. The molecular formula is C22H17F2N5O2S.